The van der Waals surface area contributed by atoms with Gasteiger partial charge in [-0.05, 0) is 56.2 Å². The van der Waals surface area contributed by atoms with Gasteiger partial charge in [-0.1, -0.05) is 0 Å². The number of ether oxygens (including phenoxy) is 1. The predicted octanol–water partition coefficient (Wildman–Crippen LogP) is 3.08. The molecule has 1 aromatic carbocycles. The number of carbonyl (C=O) groups is 2. The molecule has 1 aromatic heterocycles. The van der Waals surface area contributed by atoms with Crippen LogP contribution in [0.25, 0.3) is 0 Å². The van der Waals surface area contributed by atoms with Gasteiger partial charge in [-0.3, -0.25) is 4.79 Å². The number of nitrogens with zero attached hydrogens (tertiary/aromatic N) is 1. The fraction of sp³-hybridized carbons (Fsp3) is 0.278. The average molecular weight is 325 g/mol. The van der Waals surface area contributed by atoms with Gasteiger partial charge in [0.15, 0.2) is 0 Å². The van der Waals surface area contributed by atoms with E-state index >= 15 is 0 Å². The first-order chi connectivity index (χ1) is 11.7. The lowest BCUT2D eigenvalue weighted by Crippen LogP contribution is -2.13. The van der Waals surface area contributed by atoms with Gasteiger partial charge in [0.05, 0.1) is 12.2 Å². The Morgan fingerprint density at radius 3 is 2.58 bits per heavy atom. The van der Waals surface area contributed by atoms with Crippen molar-refractivity contribution in [3.05, 3.63) is 53.7 Å². The van der Waals surface area contributed by atoms with E-state index in [1.807, 2.05) is 0 Å². The van der Waals surface area contributed by atoms with Gasteiger partial charge >= 0.3 is 5.97 Å². The summed E-state index contributed by atoms with van der Waals surface area (Å²) in [5.41, 5.74) is 1.60. The molecule has 0 unspecified atom stereocenters. The lowest BCUT2D eigenvalue weighted by Gasteiger charge is -2.08. The van der Waals surface area contributed by atoms with Gasteiger partial charge in [0, 0.05) is 23.5 Å². The quantitative estimate of drug-likeness (QED) is 0.798. The van der Waals surface area contributed by atoms with Crippen molar-refractivity contribution in [1.29, 1.82) is 0 Å². The van der Waals surface area contributed by atoms with Gasteiger partial charge in [0.25, 0.3) is 5.91 Å². The van der Waals surface area contributed by atoms with E-state index in [0.717, 1.165) is 12.8 Å². The van der Waals surface area contributed by atoms with Crippen LogP contribution in [0.2, 0.25) is 0 Å². The van der Waals surface area contributed by atoms with Gasteiger partial charge < -0.3 is 15.4 Å². The Morgan fingerprint density at radius 2 is 1.92 bits per heavy atom. The molecule has 0 aliphatic heterocycles. The monoisotopic (exact) mass is 325 g/mol. The minimum absolute atomic E-state index is 0.222. The highest BCUT2D eigenvalue weighted by Crippen LogP contribution is 2.24. The topological polar surface area (TPSA) is 80.3 Å². The molecule has 6 heteroatoms. The highest BCUT2D eigenvalue weighted by molar-refractivity contribution is 6.04. The SMILES string of the molecule is CCOC(=O)c1ccc(NC(=O)c2ccnc(NC3CC3)c2)cc1. The molecule has 0 atom stereocenters. The summed E-state index contributed by atoms with van der Waals surface area (Å²) in [5, 5.41) is 6.07. The molecular formula is C18H19N3O3. The van der Waals surface area contributed by atoms with Crippen LogP contribution in [0.1, 0.15) is 40.5 Å². The molecular weight excluding hydrogens is 306 g/mol. The van der Waals surface area contributed by atoms with Gasteiger partial charge in [-0.15, -0.1) is 0 Å². The molecule has 1 fully saturated rings. The number of anilines is 2. The number of benzene rings is 1. The number of aromatic nitrogens is 1. The van der Waals surface area contributed by atoms with E-state index in [4.69, 9.17) is 4.74 Å². The van der Waals surface area contributed by atoms with Crippen LogP contribution in [-0.4, -0.2) is 29.5 Å². The first-order valence-electron chi connectivity index (χ1n) is 7.97. The zero-order valence-electron chi connectivity index (χ0n) is 13.4. The number of pyridine rings is 1. The molecule has 6 nitrogen and oxygen atoms in total. The number of nitrogens with one attached hydrogen (secondary N) is 2. The number of esters is 1. The maximum Gasteiger partial charge on any atom is 0.338 e. The van der Waals surface area contributed by atoms with Crippen molar-refractivity contribution in [1.82, 2.24) is 4.98 Å². The third-order valence-electron chi connectivity index (χ3n) is 3.61. The maximum absolute atomic E-state index is 12.3. The number of hydrogen-bond donors (Lipinski definition) is 2. The van der Waals surface area contributed by atoms with Gasteiger partial charge in [0.2, 0.25) is 0 Å². The number of amides is 1. The Hall–Kier alpha value is -2.89. The average Bonchev–Trinajstić information content (AvgIpc) is 3.40. The molecule has 124 valence electrons. The van der Waals surface area contributed by atoms with Crippen molar-refractivity contribution < 1.29 is 14.3 Å². The van der Waals surface area contributed by atoms with E-state index in [1.165, 1.54) is 0 Å². The van der Waals surface area contributed by atoms with E-state index < -0.39 is 0 Å². The van der Waals surface area contributed by atoms with Gasteiger partial charge in [0.1, 0.15) is 5.82 Å². The van der Waals surface area contributed by atoms with Crippen LogP contribution < -0.4 is 10.6 Å². The predicted molar refractivity (Wildman–Crippen MR) is 91.2 cm³/mol. The summed E-state index contributed by atoms with van der Waals surface area (Å²) in [7, 11) is 0. The van der Waals surface area contributed by atoms with E-state index in [9.17, 15) is 9.59 Å². The summed E-state index contributed by atoms with van der Waals surface area (Å²) in [4.78, 5) is 28.2. The molecule has 0 radical (unpaired) electrons. The highest BCUT2D eigenvalue weighted by atomic mass is 16.5. The number of carbonyl (C=O) groups excluding carboxylic acids is 2. The van der Waals surface area contributed by atoms with Crippen LogP contribution in [-0.2, 0) is 4.74 Å². The first kappa shape index (κ1) is 16.0. The maximum atomic E-state index is 12.3. The van der Waals surface area contributed by atoms with E-state index in [2.05, 4.69) is 15.6 Å². The molecule has 1 heterocycles. The van der Waals surface area contributed by atoms with Gasteiger partial charge in [-0.2, -0.15) is 0 Å². The van der Waals surface area contributed by atoms with E-state index in [0.29, 0.717) is 35.3 Å². The molecule has 1 amide bonds. The van der Waals surface area contributed by atoms with E-state index in [-0.39, 0.29) is 11.9 Å². The summed E-state index contributed by atoms with van der Waals surface area (Å²) < 4.78 is 4.93. The number of hydrogen-bond acceptors (Lipinski definition) is 5. The Labute approximate surface area is 140 Å². The second kappa shape index (κ2) is 7.12. The Morgan fingerprint density at radius 1 is 1.17 bits per heavy atom. The van der Waals surface area contributed by atoms with Crippen molar-refractivity contribution >= 4 is 23.4 Å². The van der Waals surface area contributed by atoms with Crippen molar-refractivity contribution in [2.24, 2.45) is 0 Å². The van der Waals surface area contributed by atoms with Gasteiger partial charge in [-0.25, -0.2) is 9.78 Å². The molecule has 1 saturated carbocycles. The lowest BCUT2D eigenvalue weighted by molar-refractivity contribution is 0.0526. The molecule has 0 spiro atoms. The molecule has 0 saturated heterocycles. The fourth-order valence-corrected chi connectivity index (χ4v) is 2.19. The standard InChI is InChI=1S/C18H19N3O3/c1-2-24-18(23)12-3-5-15(6-4-12)21-17(22)13-9-10-19-16(11-13)20-14-7-8-14/h3-6,9-11,14H,2,7-8H2,1H3,(H,19,20)(H,21,22). The lowest BCUT2D eigenvalue weighted by atomic mass is 10.2. The second-order valence-electron chi connectivity index (χ2n) is 5.60. The second-order valence-corrected chi connectivity index (χ2v) is 5.60. The van der Waals surface area contributed by atoms with Crippen molar-refractivity contribution in [2.45, 2.75) is 25.8 Å². The van der Waals surface area contributed by atoms with Crippen LogP contribution in [0.5, 0.6) is 0 Å². The van der Waals surface area contributed by atoms with Crippen LogP contribution >= 0.6 is 0 Å². The fourth-order valence-electron chi connectivity index (χ4n) is 2.19. The zero-order chi connectivity index (χ0) is 16.9. The molecule has 0 bridgehead atoms. The summed E-state index contributed by atoms with van der Waals surface area (Å²) >= 11 is 0. The third kappa shape index (κ3) is 4.10. The van der Waals surface area contributed by atoms with Crippen molar-refractivity contribution in [2.75, 3.05) is 17.2 Å². The van der Waals surface area contributed by atoms with Crippen LogP contribution in [0, 0.1) is 0 Å². The summed E-state index contributed by atoms with van der Waals surface area (Å²) in [6, 6.07) is 10.5. The Balaban J connectivity index is 1.64. The van der Waals surface area contributed by atoms with Crippen LogP contribution in [0.15, 0.2) is 42.6 Å². The Bertz CT molecular complexity index is 739. The smallest absolute Gasteiger partial charge is 0.338 e. The largest absolute Gasteiger partial charge is 0.462 e. The van der Waals surface area contributed by atoms with Crippen molar-refractivity contribution in [3.63, 3.8) is 0 Å². The molecule has 3 rings (SSSR count). The molecule has 24 heavy (non-hydrogen) atoms. The molecule has 1 aliphatic carbocycles. The zero-order valence-corrected chi connectivity index (χ0v) is 13.4. The van der Waals surface area contributed by atoms with Crippen molar-refractivity contribution in [3.8, 4) is 0 Å². The summed E-state index contributed by atoms with van der Waals surface area (Å²) in [6.45, 7) is 2.09. The highest BCUT2D eigenvalue weighted by Gasteiger charge is 2.21. The Kier molecular flexibility index (Phi) is 4.74. The van der Waals surface area contributed by atoms with E-state index in [1.54, 1.807) is 49.5 Å². The molecule has 2 aromatic rings. The first-order valence-corrected chi connectivity index (χ1v) is 7.97. The third-order valence-corrected chi connectivity index (χ3v) is 3.61. The minimum atomic E-state index is -0.375. The summed E-state index contributed by atoms with van der Waals surface area (Å²) in [6.07, 6.45) is 3.90. The number of rotatable bonds is 6. The minimum Gasteiger partial charge on any atom is -0.462 e. The van der Waals surface area contributed by atoms with Crippen LogP contribution in [0.4, 0.5) is 11.5 Å². The molecule has 1 aliphatic rings. The normalized spacial score (nSPS) is 13.2. The summed E-state index contributed by atoms with van der Waals surface area (Å²) in [5.74, 6) is 0.114. The molecule has 2 N–H and O–H groups in total. The van der Waals surface area contributed by atoms with Crippen LogP contribution in [0.3, 0.4) is 0 Å².